The van der Waals surface area contributed by atoms with Gasteiger partial charge in [0.1, 0.15) is 0 Å². The van der Waals surface area contributed by atoms with Crippen molar-refractivity contribution in [2.24, 2.45) is 5.92 Å². The zero-order valence-corrected chi connectivity index (χ0v) is 14.1. The summed E-state index contributed by atoms with van der Waals surface area (Å²) < 4.78 is 61.5. The van der Waals surface area contributed by atoms with E-state index in [2.05, 4.69) is 5.32 Å². The van der Waals surface area contributed by atoms with E-state index in [9.17, 15) is 26.4 Å². The van der Waals surface area contributed by atoms with Crippen LogP contribution in [0.4, 0.5) is 13.2 Å². The molecule has 0 radical (unpaired) electrons. The fourth-order valence-corrected chi connectivity index (χ4v) is 4.58. The third kappa shape index (κ3) is 4.72. The predicted molar refractivity (Wildman–Crippen MR) is 84.0 cm³/mol. The van der Waals surface area contributed by atoms with Gasteiger partial charge in [-0.15, -0.1) is 0 Å². The first kappa shape index (κ1) is 18.8. The van der Waals surface area contributed by atoms with Crippen LogP contribution in [0.2, 0.25) is 0 Å². The number of rotatable bonds is 5. The summed E-state index contributed by atoms with van der Waals surface area (Å²) >= 11 is 0. The van der Waals surface area contributed by atoms with Gasteiger partial charge in [-0.1, -0.05) is 25.5 Å². The zero-order valence-electron chi connectivity index (χ0n) is 13.3. The molecule has 2 unspecified atom stereocenters. The Morgan fingerprint density at radius 3 is 2.62 bits per heavy atom. The fraction of sp³-hybridized carbons (Fsp3) is 0.562. The first-order valence-electron chi connectivity index (χ1n) is 7.80. The van der Waals surface area contributed by atoms with Gasteiger partial charge in [0.15, 0.2) is 9.84 Å². The van der Waals surface area contributed by atoms with Crippen molar-refractivity contribution in [1.82, 2.24) is 5.32 Å². The van der Waals surface area contributed by atoms with Crippen LogP contribution < -0.4 is 5.32 Å². The van der Waals surface area contributed by atoms with E-state index in [-0.39, 0.29) is 17.9 Å². The summed E-state index contributed by atoms with van der Waals surface area (Å²) in [4.78, 5) is 12.3. The van der Waals surface area contributed by atoms with Gasteiger partial charge >= 0.3 is 6.18 Å². The van der Waals surface area contributed by atoms with Crippen LogP contribution in [0.15, 0.2) is 24.3 Å². The zero-order chi connectivity index (χ0) is 18.0. The molecular formula is C16H20F3NO3S. The molecule has 0 aliphatic carbocycles. The van der Waals surface area contributed by atoms with Crippen LogP contribution >= 0.6 is 0 Å². The van der Waals surface area contributed by atoms with Crippen molar-refractivity contribution in [2.75, 3.05) is 11.5 Å². The Morgan fingerprint density at radius 2 is 2.08 bits per heavy atom. The quantitative estimate of drug-likeness (QED) is 0.874. The number of halogens is 3. The molecule has 2 atom stereocenters. The molecule has 1 aliphatic rings. The van der Waals surface area contributed by atoms with Crippen LogP contribution in [0.3, 0.4) is 0 Å². The summed E-state index contributed by atoms with van der Waals surface area (Å²) in [5.41, 5.74) is -0.389. The number of nitrogens with one attached hydrogen (secondary N) is 1. The molecule has 8 heteroatoms. The molecule has 134 valence electrons. The number of carbonyl (C=O) groups excluding carboxylic acids is 1. The molecule has 2 rings (SSSR count). The Bertz CT molecular complexity index is 701. The molecule has 1 amide bonds. The minimum Gasteiger partial charge on any atom is -0.349 e. The van der Waals surface area contributed by atoms with E-state index >= 15 is 0 Å². The summed E-state index contributed by atoms with van der Waals surface area (Å²) in [6.07, 6.45) is -3.04. The van der Waals surface area contributed by atoms with E-state index in [4.69, 9.17) is 0 Å². The maximum atomic E-state index is 12.9. The number of hydrogen-bond acceptors (Lipinski definition) is 3. The lowest BCUT2D eigenvalue weighted by Gasteiger charge is -2.21. The summed E-state index contributed by atoms with van der Waals surface area (Å²) in [5.74, 6) is -1.25. The van der Waals surface area contributed by atoms with Gasteiger partial charge in [-0.25, -0.2) is 8.42 Å². The third-order valence-corrected chi connectivity index (χ3v) is 5.88. The second kappa shape index (κ2) is 7.13. The van der Waals surface area contributed by atoms with Crippen molar-refractivity contribution in [3.05, 3.63) is 35.4 Å². The lowest BCUT2D eigenvalue weighted by Crippen LogP contribution is -2.34. The summed E-state index contributed by atoms with van der Waals surface area (Å²) in [6, 6.07) is 4.31. The highest BCUT2D eigenvalue weighted by Gasteiger charge is 2.34. The van der Waals surface area contributed by atoms with E-state index in [1.165, 1.54) is 6.07 Å². The second-order valence-electron chi connectivity index (χ2n) is 6.07. The van der Waals surface area contributed by atoms with Gasteiger partial charge in [0.2, 0.25) is 5.91 Å². The molecule has 1 fully saturated rings. The van der Waals surface area contributed by atoms with Gasteiger partial charge in [-0.3, -0.25) is 4.79 Å². The van der Waals surface area contributed by atoms with E-state index in [1.807, 2.05) is 6.92 Å². The molecule has 1 heterocycles. The minimum absolute atomic E-state index is 0.0207. The largest absolute Gasteiger partial charge is 0.416 e. The first-order valence-corrected chi connectivity index (χ1v) is 9.62. The highest BCUT2D eigenvalue weighted by molar-refractivity contribution is 7.91. The van der Waals surface area contributed by atoms with Gasteiger partial charge in [0, 0.05) is 0 Å². The lowest BCUT2D eigenvalue weighted by molar-refractivity contribution is -0.137. The molecule has 0 bridgehead atoms. The summed E-state index contributed by atoms with van der Waals surface area (Å²) in [7, 11) is -3.19. The van der Waals surface area contributed by atoms with E-state index in [0.29, 0.717) is 18.4 Å². The van der Waals surface area contributed by atoms with Gasteiger partial charge in [0.05, 0.1) is 29.0 Å². The maximum absolute atomic E-state index is 12.9. The molecule has 24 heavy (non-hydrogen) atoms. The molecule has 1 saturated heterocycles. The number of carbonyl (C=O) groups is 1. The third-order valence-electron chi connectivity index (χ3n) is 4.11. The molecule has 1 N–H and O–H groups in total. The van der Waals surface area contributed by atoms with Crippen LogP contribution in [0.1, 0.15) is 43.4 Å². The topological polar surface area (TPSA) is 63.2 Å². The lowest BCUT2D eigenvalue weighted by atomic mass is 9.98. The predicted octanol–water partition coefficient (Wildman–Crippen LogP) is 3.10. The van der Waals surface area contributed by atoms with E-state index in [1.54, 1.807) is 6.07 Å². The standard InChI is InChI=1S/C16H20F3NO3S/c1-2-4-14(11-5-3-6-13(9-11)16(17,18)19)20-15(21)12-7-8-24(22,23)10-12/h3,5-6,9,12,14H,2,4,7-8,10H2,1H3,(H,20,21). The summed E-state index contributed by atoms with van der Waals surface area (Å²) in [6.45, 7) is 1.87. The van der Waals surface area contributed by atoms with Crippen molar-refractivity contribution < 1.29 is 26.4 Å². The normalized spacial score (nSPS) is 21.4. The Morgan fingerprint density at radius 1 is 1.38 bits per heavy atom. The van der Waals surface area contributed by atoms with E-state index in [0.717, 1.165) is 12.1 Å². The maximum Gasteiger partial charge on any atom is 0.416 e. The van der Waals surface area contributed by atoms with Crippen molar-refractivity contribution in [2.45, 2.75) is 38.4 Å². The number of hydrogen-bond donors (Lipinski definition) is 1. The average molecular weight is 363 g/mol. The second-order valence-corrected chi connectivity index (χ2v) is 8.30. The molecule has 1 aromatic carbocycles. The van der Waals surface area contributed by atoms with Gasteiger partial charge in [-0.2, -0.15) is 13.2 Å². The van der Waals surface area contributed by atoms with Crippen molar-refractivity contribution in [3.63, 3.8) is 0 Å². The van der Waals surface area contributed by atoms with Crippen molar-refractivity contribution in [3.8, 4) is 0 Å². The highest BCUT2D eigenvalue weighted by Crippen LogP contribution is 2.32. The number of sulfone groups is 1. The van der Waals surface area contributed by atoms with Crippen LogP contribution in [0, 0.1) is 5.92 Å². The average Bonchev–Trinajstić information content (AvgIpc) is 2.86. The Labute approximate surface area is 139 Å². The van der Waals surface area contributed by atoms with Crippen LogP contribution in [0.5, 0.6) is 0 Å². The van der Waals surface area contributed by atoms with Gasteiger partial charge in [-0.05, 0) is 30.5 Å². The number of alkyl halides is 3. The SMILES string of the molecule is CCCC(NC(=O)C1CCS(=O)(=O)C1)c1cccc(C(F)(F)F)c1. The molecule has 0 spiro atoms. The van der Waals surface area contributed by atoms with Crippen molar-refractivity contribution in [1.29, 1.82) is 0 Å². The first-order chi connectivity index (χ1) is 11.1. The summed E-state index contributed by atoms with van der Waals surface area (Å²) in [5, 5.41) is 2.72. The molecular weight excluding hydrogens is 343 g/mol. The highest BCUT2D eigenvalue weighted by atomic mass is 32.2. The van der Waals surface area contributed by atoms with E-state index < -0.39 is 39.4 Å². The number of amides is 1. The fourth-order valence-electron chi connectivity index (χ4n) is 2.83. The molecule has 4 nitrogen and oxygen atoms in total. The molecule has 0 saturated carbocycles. The Kier molecular flexibility index (Phi) is 5.57. The molecule has 0 aromatic heterocycles. The van der Waals surface area contributed by atoms with Crippen LogP contribution in [-0.4, -0.2) is 25.8 Å². The number of benzene rings is 1. The Balaban J connectivity index is 2.16. The monoisotopic (exact) mass is 363 g/mol. The smallest absolute Gasteiger partial charge is 0.349 e. The minimum atomic E-state index is -4.45. The Hall–Kier alpha value is -1.57. The molecule has 1 aliphatic heterocycles. The van der Waals surface area contributed by atoms with Gasteiger partial charge < -0.3 is 5.32 Å². The van der Waals surface area contributed by atoms with Crippen LogP contribution in [-0.2, 0) is 20.8 Å². The van der Waals surface area contributed by atoms with Gasteiger partial charge in [0.25, 0.3) is 0 Å². The van der Waals surface area contributed by atoms with Crippen LogP contribution in [0.25, 0.3) is 0 Å². The van der Waals surface area contributed by atoms with Crippen molar-refractivity contribution >= 4 is 15.7 Å². The molecule has 1 aromatic rings.